The van der Waals surface area contributed by atoms with Crippen molar-refractivity contribution in [1.82, 2.24) is 4.90 Å². The third kappa shape index (κ3) is 4.62. The lowest BCUT2D eigenvalue weighted by molar-refractivity contribution is -0.141. The summed E-state index contributed by atoms with van der Waals surface area (Å²) in [6.07, 6.45) is 4.89. The van der Waals surface area contributed by atoms with E-state index in [4.69, 9.17) is 9.47 Å². The minimum atomic E-state index is -0.969. The number of fused-ring (bicyclic) bond motifs is 1. The molecule has 5 rings (SSSR count). The summed E-state index contributed by atoms with van der Waals surface area (Å²) < 4.78 is 25.5. The van der Waals surface area contributed by atoms with Crippen molar-refractivity contribution in [3.05, 3.63) is 89.2 Å². The number of amides is 1. The van der Waals surface area contributed by atoms with Crippen molar-refractivity contribution in [3.8, 4) is 22.6 Å². The van der Waals surface area contributed by atoms with E-state index in [0.717, 1.165) is 22.3 Å². The lowest BCUT2D eigenvalue weighted by Crippen LogP contribution is -2.40. The Bertz CT molecular complexity index is 1300. The van der Waals surface area contributed by atoms with Crippen LogP contribution in [0.2, 0.25) is 0 Å². The highest BCUT2D eigenvalue weighted by Gasteiger charge is 2.34. The number of carbonyl (C=O) groups is 2. The Morgan fingerprint density at radius 2 is 1.94 bits per heavy atom. The molecule has 7 heteroatoms. The molecule has 0 unspecified atom stereocenters. The van der Waals surface area contributed by atoms with Crippen LogP contribution in [0.15, 0.2) is 66.7 Å². The zero-order valence-electron chi connectivity index (χ0n) is 18.9. The molecule has 1 fully saturated rings. The highest BCUT2D eigenvalue weighted by Crippen LogP contribution is 2.36. The molecule has 178 valence electrons. The average Bonchev–Trinajstić information content (AvgIpc) is 3.39. The number of likely N-dealkylation sites (tertiary alicyclic amines) is 1. The molecule has 0 bridgehead atoms. The molecule has 2 aliphatic rings. The summed E-state index contributed by atoms with van der Waals surface area (Å²) in [6.45, 7) is 1.05. The Hall–Kier alpha value is -4.13. The average molecular weight is 474 g/mol. The van der Waals surface area contributed by atoms with E-state index in [2.05, 4.69) is 0 Å². The number of carbonyl (C=O) groups excluding carboxylic acids is 1. The van der Waals surface area contributed by atoms with Crippen molar-refractivity contribution >= 4 is 18.0 Å². The Morgan fingerprint density at radius 3 is 2.74 bits per heavy atom. The Balaban J connectivity index is 1.27. The molecule has 35 heavy (non-hydrogen) atoms. The van der Waals surface area contributed by atoms with E-state index < -0.39 is 12.0 Å². The van der Waals surface area contributed by atoms with Gasteiger partial charge in [-0.2, -0.15) is 0 Å². The number of carboxylic acid groups (broad SMARTS) is 1. The smallest absolute Gasteiger partial charge is 0.326 e. The number of rotatable bonds is 6. The highest BCUT2D eigenvalue weighted by atomic mass is 19.1. The van der Waals surface area contributed by atoms with Crippen LogP contribution in [0.5, 0.6) is 11.5 Å². The molecule has 3 aromatic rings. The van der Waals surface area contributed by atoms with Gasteiger partial charge in [0.1, 0.15) is 25.0 Å². The van der Waals surface area contributed by atoms with Crippen molar-refractivity contribution in [2.75, 3.05) is 13.2 Å². The van der Waals surface area contributed by atoms with Crippen LogP contribution in [0.4, 0.5) is 4.39 Å². The summed E-state index contributed by atoms with van der Waals surface area (Å²) >= 11 is 0. The molecule has 1 N–H and O–H groups in total. The normalized spacial score (nSPS) is 16.5. The van der Waals surface area contributed by atoms with E-state index in [-0.39, 0.29) is 24.1 Å². The summed E-state index contributed by atoms with van der Waals surface area (Å²) in [5.41, 5.74) is 3.76. The van der Waals surface area contributed by atoms with Gasteiger partial charge >= 0.3 is 5.97 Å². The summed E-state index contributed by atoms with van der Waals surface area (Å²) in [7, 11) is 0. The first-order valence-corrected chi connectivity index (χ1v) is 11.5. The molecule has 1 atom stereocenters. The Kier molecular flexibility index (Phi) is 6.23. The van der Waals surface area contributed by atoms with Crippen LogP contribution in [0.25, 0.3) is 17.2 Å². The van der Waals surface area contributed by atoms with Gasteiger partial charge in [0.2, 0.25) is 0 Å². The number of ether oxygens (including phenoxy) is 2. The van der Waals surface area contributed by atoms with Gasteiger partial charge in [-0.3, -0.25) is 4.79 Å². The fourth-order valence-corrected chi connectivity index (χ4v) is 4.56. The Labute approximate surface area is 202 Å². The molecule has 0 aliphatic carbocycles. The SMILES string of the molecule is O=C(O)[C@@H]1CCCN1C(=O)c1cccc(COc2ccc(-c3ccc(F)c4c3C=CCO4)cc2)c1. The summed E-state index contributed by atoms with van der Waals surface area (Å²) in [4.78, 5) is 25.7. The van der Waals surface area contributed by atoms with Gasteiger partial charge in [-0.15, -0.1) is 0 Å². The molecule has 0 aromatic heterocycles. The summed E-state index contributed by atoms with van der Waals surface area (Å²) in [5.74, 6) is -0.704. The van der Waals surface area contributed by atoms with Crippen molar-refractivity contribution in [2.24, 2.45) is 0 Å². The van der Waals surface area contributed by atoms with Gasteiger partial charge in [0.15, 0.2) is 11.6 Å². The number of carboxylic acids is 1. The molecule has 6 nitrogen and oxygen atoms in total. The standard InChI is InChI=1S/C28H24FNO5/c29-24-13-12-22(23-6-3-15-34-26(23)24)19-8-10-21(11-9-19)35-17-18-4-1-5-20(16-18)27(31)30-14-2-7-25(30)28(32)33/h1,3-6,8-13,16,25H,2,7,14-15,17H2,(H,32,33)/t25-/m0/s1. The van der Waals surface area contributed by atoms with Crippen molar-refractivity contribution < 1.29 is 28.6 Å². The van der Waals surface area contributed by atoms with Crippen LogP contribution in [0, 0.1) is 5.82 Å². The van der Waals surface area contributed by atoms with E-state index in [1.807, 2.05) is 42.5 Å². The maximum atomic E-state index is 14.1. The van der Waals surface area contributed by atoms with Gasteiger partial charge in [-0.25, -0.2) is 9.18 Å². The molecule has 2 heterocycles. The number of nitrogens with zero attached hydrogens (tertiary/aromatic N) is 1. The molecule has 0 spiro atoms. The molecule has 2 aliphatic heterocycles. The van der Waals surface area contributed by atoms with Crippen LogP contribution in [0.1, 0.15) is 34.3 Å². The van der Waals surface area contributed by atoms with Crippen molar-refractivity contribution in [2.45, 2.75) is 25.5 Å². The molecule has 0 saturated carbocycles. The van der Waals surface area contributed by atoms with Crippen LogP contribution >= 0.6 is 0 Å². The van der Waals surface area contributed by atoms with Crippen molar-refractivity contribution in [1.29, 1.82) is 0 Å². The van der Waals surface area contributed by atoms with Gasteiger partial charge < -0.3 is 19.5 Å². The fourth-order valence-electron chi connectivity index (χ4n) is 4.56. The minimum Gasteiger partial charge on any atom is -0.489 e. The molecule has 1 saturated heterocycles. The number of aliphatic carboxylic acids is 1. The number of halogens is 1. The second-order valence-electron chi connectivity index (χ2n) is 8.56. The van der Waals surface area contributed by atoms with Gasteiger partial charge in [0, 0.05) is 17.7 Å². The van der Waals surface area contributed by atoms with Crippen LogP contribution in [-0.2, 0) is 11.4 Å². The predicted octanol–water partition coefficient (Wildman–Crippen LogP) is 5.17. The van der Waals surface area contributed by atoms with Crippen LogP contribution in [-0.4, -0.2) is 41.1 Å². The first kappa shape index (κ1) is 22.7. The van der Waals surface area contributed by atoms with E-state index in [0.29, 0.717) is 37.3 Å². The predicted molar refractivity (Wildman–Crippen MR) is 129 cm³/mol. The summed E-state index contributed by atoms with van der Waals surface area (Å²) in [5, 5.41) is 9.37. The third-order valence-corrected chi connectivity index (χ3v) is 6.30. The van der Waals surface area contributed by atoms with Crippen LogP contribution < -0.4 is 9.47 Å². The first-order valence-electron chi connectivity index (χ1n) is 11.5. The van der Waals surface area contributed by atoms with Gasteiger partial charge in [0.25, 0.3) is 5.91 Å². The lowest BCUT2D eigenvalue weighted by atomic mass is 9.97. The van der Waals surface area contributed by atoms with Crippen molar-refractivity contribution in [3.63, 3.8) is 0 Å². The quantitative estimate of drug-likeness (QED) is 0.535. The molecule has 1 amide bonds. The monoisotopic (exact) mass is 473 g/mol. The third-order valence-electron chi connectivity index (χ3n) is 6.30. The molecular formula is C28H24FNO5. The molecule has 3 aromatic carbocycles. The van der Waals surface area contributed by atoms with E-state index in [9.17, 15) is 19.1 Å². The molecule has 0 radical (unpaired) electrons. The van der Waals surface area contributed by atoms with Crippen LogP contribution in [0.3, 0.4) is 0 Å². The van der Waals surface area contributed by atoms with E-state index in [1.54, 1.807) is 24.3 Å². The van der Waals surface area contributed by atoms with Gasteiger partial charge in [-0.1, -0.05) is 36.4 Å². The first-order chi connectivity index (χ1) is 17.0. The summed E-state index contributed by atoms with van der Waals surface area (Å²) in [6, 6.07) is 16.9. The zero-order chi connectivity index (χ0) is 24.4. The van der Waals surface area contributed by atoms with Gasteiger partial charge in [0.05, 0.1) is 0 Å². The zero-order valence-corrected chi connectivity index (χ0v) is 18.9. The number of hydrogen-bond donors (Lipinski definition) is 1. The van der Waals surface area contributed by atoms with E-state index in [1.165, 1.54) is 11.0 Å². The maximum absolute atomic E-state index is 14.1. The Morgan fingerprint density at radius 1 is 1.11 bits per heavy atom. The van der Waals surface area contributed by atoms with Gasteiger partial charge in [-0.05, 0) is 65.9 Å². The molecular weight excluding hydrogens is 449 g/mol. The second-order valence-corrected chi connectivity index (χ2v) is 8.56. The number of hydrogen-bond acceptors (Lipinski definition) is 4. The van der Waals surface area contributed by atoms with E-state index >= 15 is 0 Å². The number of benzene rings is 3. The fraction of sp³-hybridized carbons (Fsp3) is 0.214. The lowest BCUT2D eigenvalue weighted by Gasteiger charge is -2.21. The maximum Gasteiger partial charge on any atom is 0.326 e. The highest BCUT2D eigenvalue weighted by molar-refractivity contribution is 5.97. The minimum absolute atomic E-state index is 0.255. The largest absolute Gasteiger partial charge is 0.489 e. The topological polar surface area (TPSA) is 76.1 Å². The second kappa shape index (κ2) is 9.62.